The number of nitrogens with zero attached hydrogens (tertiary/aromatic N) is 4. The molecule has 0 spiro atoms. The summed E-state index contributed by atoms with van der Waals surface area (Å²) in [6.45, 7) is 1.84. The molecule has 2 heterocycles. The molecule has 0 atom stereocenters. The van der Waals surface area contributed by atoms with Gasteiger partial charge < -0.3 is 0 Å². The van der Waals surface area contributed by atoms with Crippen molar-refractivity contribution in [1.82, 2.24) is 14.8 Å². The highest BCUT2D eigenvalue weighted by molar-refractivity contribution is 9.10. The molecule has 0 radical (unpaired) electrons. The fourth-order valence-corrected chi connectivity index (χ4v) is 1.41. The average Bonchev–Trinajstić information content (AvgIpc) is 2.71. The molecule has 0 unspecified atom stereocenters. The Morgan fingerprint density at radius 3 is 2.81 bits per heavy atom. The van der Waals surface area contributed by atoms with Gasteiger partial charge in [0.1, 0.15) is 12.4 Å². The maximum atomic E-state index is 10.5. The van der Waals surface area contributed by atoms with Gasteiger partial charge in [-0.1, -0.05) is 0 Å². The molecule has 0 fully saturated rings. The zero-order valence-corrected chi connectivity index (χ0v) is 9.88. The topological polar surface area (TPSA) is 73.8 Å². The molecule has 2 aromatic heterocycles. The molecule has 0 bridgehead atoms. The van der Waals surface area contributed by atoms with Gasteiger partial charge >= 0.3 is 5.69 Å². The fourth-order valence-electron chi connectivity index (χ4n) is 1.19. The van der Waals surface area contributed by atoms with E-state index in [-0.39, 0.29) is 5.69 Å². The summed E-state index contributed by atoms with van der Waals surface area (Å²) >= 11 is 3.33. The summed E-state index contributed by atoms with van der Waals surface area (Å²) in [7, 11) is 0. The number of halogens is 1. The van der Waals surface area contributed by atoms with Crippen molar-refractivity contribution in [2.45, 2.75) is 6.92 Å². The number of hydrogen-bond acceptors (Lipinski definition) is 4. The third-order valence-corrected chi connectivity index (χ3v) is 2.86. The van der Waals surface area contributed by atoms with Crippen LogP contribution < -0.4 is 0 Å². The molecule has 2 rings (SSSR count). The van der Waals surface area contributed by atoms with Crippen LogP contribution in [0.3, 0.4) is 0 Å². The van der Waals surface area contributed by atoms with E-state index in [9.17, 15) is 10.1 Å². The minimum atomic E-state index is -0.491. The third-order valence-electron chi connectivity index (χ3n) is 2.02. The van der Waals surface area contributed by atoms with E-state index in [1.54, 1.807) is 6.07 Å². The lowest BCUT2D eigenvalue weighted by molar-refractivity contribution is -0.384. The molecule has 0 aliphatic carbocycles. The minimum absolute atomic E-state index is 0.0534. The van der Waals surface area contributed by atoms with Gasteiger partial charge in [-0.25, -0.2) is 9.67 Å². The first-order valence-corrected chi connectivity index (χ1v) is 5.20. The van der Waals surface area contributed by atoms with Crippen molar-refractivity contribution < 1.29 is 4.92 Å². The Labute approximate surface area is 99.2 Å². The summed E-state index contributed by atoms with van der Waals surface area (Å²) in [5.74, 6) is 0.550. The van der Waals surface area contributed by atoms with E-state index in [1.165, 1.54) is 17.1 Å². The van der Waals surface area contributed by atoms with E-state index in [1.807, 2.05) is 13.0 Å². The van der Waals surface area contributed by atoms with Crippen molar-refractivity contribution in [3.05, 3.63) is 44.8 Å². The molecule has 0 amide bonds. The Kier molecular flexibility index (Phi) is 2.69. The van der Waals surface area contributed by atoms with Crippen molar-refractivity contribution in [2.24, 2.45) is 0 Å². The minimum Gasteiger partial charge on any atom is -0.258 e. The first-order chi connectivity index (χ1) is 7.58. The molecule has 2 aromatic rings. The monoisotopic (exact) mass is 282 g/mol. The third kappa shape index (κ3) is 1.94. The fraction of sp³-hybridized carbons (Fsp3) is 0.111. The smallest absolute Gasteiger partial charge is 0.258 e. The maximum Gasteiger partial charge on any atom is 0.307 e. The van der Waals surface area contributed by atoms with Crippen LogP contribution in [0.15, 0.2) is 29.0 Å². The van der Waals surface area contributed by atoms with Crippen molar-refractivity contribution in [2.75, 3.05) is 0 Å². The van der Waals surface area contributed by atoms with Crippen LogP contribution in [-0.4, -0.2) is 19.7 Å². The Hall–Kier alpha value is -1.76. The molecular weight excluding hydrogens is 276 g/mol. The molecule has 0 aromatic carbocycles. The van der Waals surface area contributed by atoms with Gasteiger partial charge in [0, 0.05) is 4.47 Å². The lowest BCUT2D eigenvalue weighted by Crippen LogP contribution is -1.99. The summed E-state index contributed by atoms with van der Waals surface area (Å²) in [6, 6.07) is 3.55. The van der Waals surface area contributed by atoms with Crippen LogP contribution in [0.25, 0.3) is 5.82 Å². The van der Waals surface area contributed by atoms with Gasteiger partial charge in [-0.05, 0) is 35.0 Å². The second kappa shape index (κ2) is 4.01. The predicted octanol–water partition coefficient (Wildman–Crippen LogP) is 2.25. The van der Waals surface area contributed by atoms with E-state index >= 15 is 0 Å². The van der Waals surface area contributed by atoms with Gasteiger partial charge in [0.05, 0.1) is 10.6 Å². The highest BCUT2D eigenvalue weighted by Crippen LogP contribution is 2.17. The average molecular weight is 283 g/mol. The molecule has 7 heteroatoms. The molecule has 6 nitrogen and oxygen atoms in total. The highest BCUT2D eigenvalue weighted by atomic mass is 79.9. The molecule has 16 heavy (non-hydrogen) atoms. The molecule has 82 valence electrons. The lowest BCUT2D eigenvalue weighted by Gasteiger charge is -2.02. The lowest BCUT2D eigenvalue weighted by atomic mass is 10.4. The van der Waals surface area contributed by atoms with Gasteiger partial charge in [0.2, 0.25) is 0 Å². The van der Waals surface area contributed by atoms with Crippen molar-refractivity contribution in [1.29, 1.82) is 0 Å². The van der Waals surface area contributed by atoms with E-state index in [4.69, 9.17) is 0 Å². The number of pyridine rings is 1. The van der Waals surface area contributed by atoms with Crippen LogP contribution in [0.5, 0.6) is 0 Å². The van der Waals surface area contributed by atoms with Crippen molar-refractivity contribution >= 4 is 21.6 Å². The van der Waals surface area contributed by atoms with Crippen LogP contribution in [-0.2, 0) is 0 Å². The first kappa shape index (κ1) is 10.7. The molecule has 0 aliphatic rings. The number of aromatic nitrogens is 3. The predicted molar refractivity (Wildman–Crippen MR) is 60.5 cm³/mol. The standard InChI is InChI=1S/C9H7BrN4O2/c1-6-8(10)2-3-9(12-6)13-5-7(4-11-13)14(15)16/h2-5H,1H3. The molecule has 0 saturated heterocycles. The summed E-state index contributed by atoms with van der Waals surface area (Å²) in [5.41, 5.74) is 0.748. The van der Waals surface area contributed by atoms with Gasteiger partial charge in [-0.2, -0.15) is 5.10 Å². The summed E-state index contributed by atoms with van der Waals surface area (Å²) in [6.07, 6.45) is 2.52. The van der Waals surface area contributed by atoms with Crippen LogP contribution in [0.4, 0.5) is 5.69 Å². The maximum absolute atomic E-state index is 10.5. The van der Waals surface area contributed by atoms with E-state index in [2.05, 4.69) is 26.0 Å². The zero-order chi connectivity index (χ0) is 11.7. The van der Waals surface area contributed by atoms with Crippen molar-refractivity contribution in [3.63, 3.8) is 0 Å². The molecule has 0 aliphatic heterocycles. The summed E-state index contributed by atoms with van der Waals surface area (Å²) in [5, 5.41) is 14.4. The largest absolute Gasteiger partial charge is 0.307 e. The van der Waals surface area contributed by atoms with Crippen LogP contribution in [0.2, 0.25) is 0 Å². The number of rotatable bonds is 2. The Morgan fingerprint density at radius 2 is 2.25 bits per heavy atom. The van der Waals surface area contributed by atoms with Gasteiger partial charge in [-0.3, -0.25) is 10.1 Å². The highest BCUT2D eigenvalue weighted by Gasteiger charge is 2.10. The normalized spacial score (nSPS) is 10.4. The number of hydrogen-bond donors (Lipinski definition) is 0. The number of aryl methyl sites for hydroxylation is 1. The van der Waals surface area contributed by atoms with E-state index in [0.29, 0.717) is 5.82 Å². The second-order valence-electron chi connectivity index (χ2n) is 3.14. The Morgan fingerprint density at radius 1 is 1.50 bits per heavy atom. The number of nitro groups is 1. The quantitative estimate of drug-likeness (QED) is 0.625. The van der Waals surface area contributed by atoms with E-state index < -0.39 is 4.92 Å². The molecular formula is C9H7BrN4O2. The SMILES string of the molecule is Cc1nc(-n2cc([N+](=O)[O-])cn2)ccc1Br. The Balaban J connectivity index is 2.42. The van der Waals surface area contributed by atoms with Gasteiger partial charge in [0.15, 0.2) is 5.82 Å². The Bertz CT molecular complexity index is 552. The van der Waals surface area contributed by atoms with Crippen LogP contribution in [0.1, 0.15) is 5.69 Å². The van der Waals surface area contributed by atoms with E-state index in [0.717, 1.165) is 10.2 Å². The van der Waals surface area contributed by atoms with Gasteiger partial charge in [0.25, 0.3) is 0 Å². The van der Waals surface area contributed by atoms with Gasteiger partial charge in [-0.15, -0.1) is 0 Å². The zero-order valence-electron chi connectivity index (χ0n) is 8.29. The van der Waals surface area contributed by atoms with Crippen molar-refractivity contribution in [3.8, 4) is 5.82 Å². The van der Waals surface area contributed by atoms with Crippen LogP contribution in [0, 0.1) is 17.0 Å². The first-order valence-electron chi connectivity index (χ1n) is 4.40. The summed E-state index contributed by atoms with van der Waals surface area (Å²) < 4.78 is 2.26. The second-order valence-corrected chi connectivity index (χ2v) is 3.99. The van der Waals surface area contributed by atoms with Crippen LogP contribution >= 0.6 is 15.9 Å². The summed E-state index contributed by atoms with van der Waals surface area (Å²) in [4.78, 5) is 14.2. The molecule has 0 saturated carbocycles. The molecule has 0 N–H and O–H groups in total.